The number of benzene rings is 2. The van der Waals surface area contributed by atoms with E-state index in [-0.39, 0.29) is 0 Å². The van der Waals surface area contributed by atoms with Gasteiger partial charge in [0.2, 0.25) is 0 Å². The maximum atomic E-state index is 2.40. The van der Waals surface area contributed by atoms with E-state index in [1.165, 1.54) is 23.7 Å². The van der Waals surface area contributed by atoms with Gasteiger partial charge in [-0.3, -0.25) is 0 Å². The summed E-state index contributed by atoms with van der Waals surface area (Å²) in [6.45, 7) is 4.71. The van der Waals surface area contributed by atoms with Crippen LogP contribution in [0.3, 0.4) is 0 Å². The van der Waals surface area contributed by atoms with E-state index >= 15 is 0 Å². The molecule has 108 valence electrons. The molecule has 0 aliphatic carbocycles. The Kier molecular flexibility index (Phi) is 4.53. The molecule has 0 amide bonds. The number of rotatable bonds is 4. The second kappa shape index (κ2) is 6.39. The van der Waals surface area contributed by atoms with Crippen LogP contribution in [0.1, 0.15) is 33.1 Å². The predicted octanol–water partition coefficient (Wildman–Crippen LogP) is 4.31. The van der Waals surface area contributed by atoms with Crippen LogP contribution >= 0.6 is 0 Å². The Hall–Kier alpha value is -1.02. The molecule has 0 spiro atoms. The van der Waals surface area contributed by atoms with Crippen LogP contribution in [0, 0.1) is 0 Å². The first-order valence-electron chi connectivity index (χ1n) is 8.15. The summed E-state index contributed by atoms with van der Waals surface area (Å²) in [5.41, 5.74) is 1.76. The Bertz CT molecular complexity index is 586. The summed E-state index contributed by atoms with van der Waals surface area (Å²) in [5.74, 6) is 0. The van der Waals surface area contributed by atoms with Gasteiger partial charge in [-0.25, -0.2) is 0 Å². The fourth-order valence-electron chi connectivity index (χ4n) is 4.13. The first-order valence-corrected chi connectivity index (χ1v) is 14.4. The number of hydrogen-bond acceptors (Lipinski definition) is 0. The summed E-state index contributed by atoms with van der Waals surface area (Å²) in [6.07, 6.45) is 3.81. The van der Waals surface area contributed by atoms with Crippen molar-refractivity contribution >= 4 is 25.5 Å². The first-order chi connectivity index (χ1) is 10.3. The van der Waals surface area contributed by atoms with Gasteiger partial charge in [0.05, 0.1) is 0 Å². The van der Waals surface area contributed by atoms with Gasteiger partial charge in [-0.1, -0.05) is 0 Å². The van der Waals surface area contributed by atoms with Crippen molar-refractivity contribution in [1.82, 2.24) is 0 Å². The third-order valence-corrected chi connectivity index (χ3v) is 20.4. The van der Waals surface area contributed by atoms with Gasteiger partial charge in [0.25, 0.3) is 0 Å². The van der Waals surface area contributed by atoms with Gasteiger partial charge in [0, 0.05) is 0 Å². The van der Waals surface area contributed by atoms with Crippen molar-refractivity contribution in [2.24, 2.45) is 0 Å². The van der Waals surface area contributed by atoms with Gasteiger partial charge < -0.3 is 0 Å². The Morgan fingerprint density at radius 1 is 0.762 bits per heavy atom. The van der Waals surface area contributed by atoms with Crippen molar-refractivity contribution in [3.8, 4) is 0 Å². The summed E-state index contributed by atoms with van der Waals surface area (Å²) < 4.78 is 6.62. The summed E-state index contributed by atoms with van der Waals surface area (Å²) >= 11 is -2.65. The van der Waals surface area contributed by atoms with E-state index in [0.717, 1.165) is 0 Å². The molecule has 1 heteroatoms. The molecule has 1 aliphatic rings. The second-order valence-corrected chi connectivity index (χ2v) is 17.5. The molecular formula is C20H24Sn. The van der Waals surface area contributed by atoms with E-state index in [1.54, 1.807) is 12.7 Å². The van der Waals surface area contributed by atoms with E-state index < -0.39 is 18.4 Å². The van der Waals surface area contributed by atoms with Crippen molar-refractivity contribution in [2.75, 3.05) is 0 Å². The van der Waals surface area contributed by atoms with Crippen LogP contribution < -0.4 is 7.16 Å². The molecule has 0 saturated heterocycles. The topological polar surface area (TPSA) is 0 Å². The molecule has 0 bridgehead atoms. The third kappa shape index (κ3) is 2.48. The second-order valence-electron chi connectivity index (χ2n) is 5.93. The molecule has 2 aromatic rings. The van der Waals surface area contributed by atoms with E-state index in [1.807, 2.05) is 3.59 Å². The zero-order valence-electron chi connectivity index (χ0n) is 13.1. The molecule has 0 radical (unpaired) electrons. The SMILES string of the molecule is CCC1=[C](CC)[Sn]([c]2ccccc2)([c]2ccccc2)[CH2]C1. The van der Waals surface area contributed by atoms with Crippen LogP contribution in [-0.2, 0) is 0 Å². The molecule has 0 nitrogen and oxygen atoms in total. The molecule has 3 rings (SSSR count). The average Bonchev–Trinajstić information content (AvgIpc) is 2.96. The third-order valence-electron chi connectivity index (χ3n) is 5.06. The van der Waals surface area contributed by atoms with Crippen molar-refractivity contribution in [3.05, 3.63) is 69.8 Å². The van der Waals surface area contributed by atoms with Crippen LogP contribution in [-0.4, -0.2) is 18.4 Å². The molecule has 0 saturated carbocycles. The Morgan fingerprint density at radius 3 is 1.71 bits per heavy atom. The minimum atomic E-state index is -2.65. The minimum absolute atomic E-state index is 1.24. The Morgan fingerprint density at radius 2 is 1.29 bits per heavy atom. The maximum absolute atomic E-state index is 2.65. The zero-order chi connectivity index (χ0) is 14.7. The van der Waals surface area contributed by atoms with Crippen molar-refractivity contribution in [1.29, 1.82) is 0 Å². The number of hydrogen-bond donors (Lipinski definition) is 0. The molecule has 0 aromatic heterocycles. The van der Waals surface area contributed by atoms with Gasteiger partial charge in [-0.2, -0.15) is 0 Å². The van der Waals surface area contributed by atoms with Gasteiger partial charge >= 0.3 is 133 Å². The van der Waals surface area contributed by atoms with E-state index in [9.17, 15) is 0 Å². The van der Waals surface area contributed by atoms with E-state index in [0.29, 0.717) is 0 Å². The van der Waals surface area contributed by atoms with Gasteiger partial charge in [-0.05, 0) is 0 Å². The summed E-state index contributed by atoms with van der Waals surface area (Å²) in [5, 5.41) is 0. The normalized spacial score (nSPS) is 17.2. The number of allylic oxidation sites excluding steroid dienone is 2. The van der Waals surface area contributed by atoms with Crippen LogP contribution in [0.5, 0.6) is 0 Å². The quantitative estimate of drug-likeness (QED) is 0.691. The molecule has 2 aromatic carbocycles. The van der Waals surface area contributed by atoms with Gasteiger partial charge in [0.15, 0.2) is 0 Å². The van der Waals surface area contributed by atoms with Crippen LogP contribution in [0.2, 0.25) is 4.44 Å². The molecule has 0 atom stereocenters. The molecule has 1 heterocycles. The fraction of sp³-hybridized carbons (Fsp3) is 0.300. The van der Waals surface area contributed by atoms with Crippen LogP contribution in [0.4, 0.5) is 0 Å². The molecular weight excluding hydrogens is 359 g/mol. The first kappa shape index (κ1) is 14.9. The standard InChI is InChI=1S/C8H14.2C6H5.Sn/c1-4-7-8(5-2)6-3;2*1-2-4-6-5-3-1;/h2,4-6H2,1,3H3;2*1-5H;. The predicted molar refractivity (Wildman–Crippen MR) is 94.9 cm³/mol. The van der Waals surface area contributed by atoms with Gasteiger partial charge in [-0.15, -0.1) is 0 Å². The van der Waals surface area contributed by atoms with Crippen molar-refractivity contribution in [3.63, 3.8) is 0 Å². The molecule has 1 aliphatic heterocycles. The Labute approximate surface area is 132 Å². The summed E-state index contributed by atoms with van der Waals surface area (Å²) in [7, 11) is 0. The van der Waals surface area contributed by atoms with Crippen LogP contribution in [0.15, 0.2) is 69.8 Å². The van der Waals surface area contributed by atoms with E-state index in [4.69, 9.17) is 0 Å². The molecule has 0 fully saturated rings. The van der Waals surface area contributed by atoms with E-state index in [2.05, 4.69) is 74.5 Å². The van der Waals surface area contributed by atoms with Crippen LogP contribution in [0.25, 0.3) is 0 Å². The van der Waals surface area contributed by atoms with Gasteiger partial charge in [0.1, 0.15) is 0 Å². The monoisotopic (exact) mass is 384 g/mol. The summed E-state index contributed by atoms with van der Waals surface area (Å²) in [6, 6.07) is 22.8. The average molecular weight is 383 g/mol. The molecule has 0 N–H and O–H groups in total. The molecule has 21 heavy (non-hydrogen) atoms. The fourth-order valence-corrected chi connectivity index (χ4v) is 20.2. The Balaban J connectivity index is 2.25. The van der Waals surface area contributed by atoms with Crippen molar-refractivity contribution in [2.45, 2.75) is 37.5 Å². The summed E-state index contributed by atoms with van der Waals surface area (Å²) in [4.78, 5) is 0. The molecule has 0 unspecified atom stereocenters. The zero-order valence-corrected chi connectivity index (χ0v) is 16.0. The van der Waals surface area contributed by atoms with Crippen molar-refractivity contribution < 1.29 is 0 Å².